The molecule has 0 saturated heterocycles. The van der Waals surface area contributed by atoms with Crippen molar-refractivity contribution in [3.8, 4) is 5.69 Å². The molecule has 0 aliphatic rings. The highest BCUT2D eigenvalue weighted by Gasteiger charge is 2.25. The van der Waals surface area contributed by atoms with Crippen LogP contribution >= 0.6 is 35.0 Å². The molecule has 140 valence electrons. The molecule has 3 aromatic rings. The average molecular weight is 423 g/mol. The number of nitrogens with zero attached hydrogens (tertiary/aromatic N) is 4. The first kappa shape index (κ1) is 19.7. The van der Waals surface area contributed by atoms with Gasteiger partial charge < -0.3 is 0 Å². The Hall–Kier alpha value is -2.09. The Morgan fingerprint density at radius 1 is 1.15 bits per heavy atom. The van der Waals surface area contributed by atoms with Gasteiger partial charge in [0.05, 0.1) is 0 Å². The fraction of sp³-hybridized carbons (Fsp3) is 0.222. The molecule has 0 saturated carbocycles. The van der Waals surface area contributed by atoms with E-state index in [-0.39, 0.29) is 11.5 Å². The van der Waals surface area contributed by atoms with Crippen LogP contribution in [-0.4, -0.2) is 26.2 Å². The van der Waals surface area contributed by atoms with Crippen LogP contribution in [0.15, 0.2) is 47.6 Å². The van der Waals surface area contributed by atoms with Crippen molar-refractivity contribution in [1.82, 2.24) is 14.8 Å². The molecule has 0 N–H and O–H groups in total. The van der Waals surface area contributed by atoms with Gasteiger partial charge in [0.1, 0.15) is 11.1 Å². The van der Waals surface area contributed by atoms with Gasteiger partial charge in [-0.25, -0.2) is 0 Å². The SMILES string of the molecule is Cc1ccc(-n2c(C)nnc2S[C@@H](C[N+](=O)[O-])c2ccc(Cl)cc2Cl)cc1. The minimum Gasteiger partial charge on any atom is -0.274 e. The number of hydrogen-bond donors (Lipinski definition) is 0. The van der Waals surface area contributed by atoms with Crippen molar-refractivity contribution >= 4 is 35.0 Å². The number of aromatic nitrogens is 3. The smallest absolute Gasteiger partial charge is 0.220 e. The van der Waals surface area contributed by atoms with Gasteiger partial charge in [-0.05, 0) is 43.7 Å². The van der Waals surface area contributed by atoms with Gasteiger partial charge in [0.15, 0.2) is 5.16 Å². The number of thioether (sulfide) groups is 1. The topological polar surface area (TPSA) is 73.8 Å². The zero-order valence-electron chi connectivity index (χ0n) is 14.6. The maximum absolute atomic E-state index is 11.2. The van der Waals surface area contributed by atoms with E-state index in [9.17, 15) is 10.1 Å². The van der Waals surface area contributed by atoms with Gasteiger partial charge in [0.25, 0.3) is 0 Å². The van der Waals surface area contributed by atoms with E-state index >= 15 is 0 Å². The zero-order chi connectivity index (χ0) is 19.6. The van der Waals surface area contributed by atoms with Crippen LogP contribution in [0.25, 0.3) is 5.69 Å². The third-order valence-electron chi connectivity index (χ3n) is 3.96. The van der Waals surface area contributed by atoms with E-state index in [1.54, 1.807) is 18.2 Å². The first-order valence-electron chi connectivity index (χ1n) is 8.07. The molecule has 3 rings (SSSR count). The molecule has 0 radical (unpaired) electrons. The molecule has 0 fully saturated rings. The minimum atomic E-state index is -0.530. The van der Waals surface area contributed by atoms with Crippen LogP contribution in [0, 0.1) is 24.0 Å². The predicted molar refractivity (Wildman–Crippen MR) is 108 cm³/mol. The van der Waals surface area contributed by atoms with Crippen molar-refractivity contribution in [1.29, 1.82) is 0 Å². The fourth-order valence-corrected chi connectivity index (χ4v) is 4.45. The molecule has 0 unspecified atom stereocenters. The van der Waals surface area contributed by atoms with Crippen molar-refractivity contribution in [2.75, 3.05) is 6.54 Å². The van der Waals surface area contributed by atoms with Gasteiger partial charge in [-0.3, -0.25) is 14.7 Å². The van der Waals surface area contributed by atoms with E-state index in [0.717, 1.165) is 11.3 Å². The fourth-order valence-electron chi connectivity index (χ4n) is 2.63. The van der Waals surface area contributed by atoms with E-state index in [1.165, 1.54) is 11.8 Å². The van der Waals surface area contributed by atoms with Crippen LogP contribution in [0.3, 0.4) is 0 Å². The minimum absolute atomic E-state index is 0.300. The first-order valence-corrected chi connectivity index (χ1v) is 9.71. The predicted octanol–water partition coefficient (Wildman–Crippen LogP) is 5.30. The molecule has 0 amide bonds. The Balaban J connectivity index is 2.00. The first-order chi connectivity index (χ1) is 12.8. The summed E-state index contributed by atoms with van der Waals surface area (Å²) in [5, 5.41) is 20.5. The van der Waals surface area contributed by atoms with Crippen LogP contribution in [0.5, 0.6) is 0 Å². The third kappa shape index (κ3) is 4.61. The summed E-state index contributed by atoms with van der Waals surface area (Å²) < 4.78 is 1.88. The standard InChI is InChI=1S/C18H16Cl2N4O2S/c1-11-3-6-14(7-4-11)24-12(2)21-22-18(24)27-17(10-23(25)26)15-8-5-13(19)9-16(15)20/h3-9,17H,10H2,1-2H3/t17-/m0/s1. The summed E-state index contributed by atoms with van der Waals surface area (Å²) in [6, 6.07) is 12.9. The maximum atomic E-state index is 11.2. The number of benzene rings is 2. The van der Waals surface area contributed by atoms with E-state index in [1.807, 2.05) is 42.7 Å². The number of hydrogen-bond acceptors (Lipinski definition) is 5. The van der Waals surface area contributed by atoms with Crippen LogP contribution < -0.4 is 0 Å². The lowest BCUT2D eigenvalue weighted by Crippen LogP contribution is -2.11. The molecule has 9 heteroatoms. The van der Waals surface area contributed by atoms with Crippen LogP contribution in [0.2, 0.25) is 10.0 Å². The van der Waals surface area contributed by atoms with Gasteiger partial charge in [-0.1, -0.05) is 58.7 Å². The Morgan fingerprint density at radius 2 is 1.85 bits per heavy atom. The quantitative estimate of drug-likeness (QED) is 0.306. The lowest BCUT2D eigenvalue weighted by molar-refractivity contribution is -0.479. The Bertz CT molecular complexity index is 976. The highest BCUT2D eigenvalue weighted by atomic mass is 35.5. The summed E-state index contributed by atoms with van der Waals surface area (Å²) >= 11 is 13.5. The summed E-state index contributed by atoms with van der Waals surface area (Å²) in [4.78, 5) is 10.9. The van der Waals surface area contributed by atoms with Crippen molar-refractivity contribution in [3.05, 3.63) is 79.6 Å². The summed E-state index contributed by atoms with van der Waals surface area (Å²) in [7, 11) is 0. The van der Waals surface area contributed by atoms with E-state index in [4.69, 9.17) is 23.2 Å². The van der Waals surface area contributed by atoms with Gasteiger partial charge >= 0.3 is 0 Å². The van der Waals surface area contributed by atoms with Crippen molar-refractivity contribution in [2.45, 2.75) is 24.3 Å². The molecule has 2 aromatic carbocycles. The second kappa shape index (κ2) is 8.29. The number of aryl methyl sites for hydroxylation is 2. The summed E-state index contributed by atoms with van der Waals surface area (Å²) in [6.07, 6.45) is 0. The average Bonchev–Trinajstić information content (AvgIpc) is 2.95. The van der Waals surface area contributed by atoms with Crippen LogP contribution in [0.4, 0.5) is 0 Å². The Morgan fingerprint density at radius 3 is 2.48 bits per heavy atom. The van der Waals surface area contributed by atoms with E-state index < -0.39 is 5.25 Å². The highest BCUT2D eigenvalue weighted by molar-refractivity contribution is 7.99. The van der Waals surface area contributed by atoms with Crippen LogP contribution in [0.1, 0.15) is 22.2 Å². The van der Waals surface area contributed by atoms with Crippen molar-refractivity contribution < 1.29 is 4.92 Å². The number of rotatable bonds is 6. The molecule has 6 nitrogen and oxygen atoms in total. The third-order valence-corrected chi connectivity index (χ3v) is 5.68. The zero-order valence-corrected chi connectivity index (χ0v) is 16.9. The molecule has 1 atom stereocenters. The van der Waals surface area contributed by atoms with Crippen molar-refractivity contribution in [3.63, 3.8) is 0 Å². The maximum Gasteiger partial charge on any atom is 0.220 e. The molecular weight excluding hydrogens is 407 g/mol. The normalized spacial score (nSPS) is 12.1. The number of nitro groups is 1. The summed E-state index contributed by atoms with van der Waals surface area (Å²) in [6.45, 7) is 3.55. The lowest BCUT2D eigenvalue weighted by Gasteiger charge is -2.15. The van der Waals surface area contributed by atoms with Gasteiger partial charge in [0, 0.05) is 20.7 Å². The van der Waals surface area contributed by atoms with Gasteiger partial charge in [-0.15, -0.1) is 10.2 Å². The molecule has 0 spiro atoms. The Kier molecular flexibility index (Phi) is 6.04. The number of halogens is 2. The molecule has 27 heavy (non-hydrogen) atoms. The lowest BCUT2D eigenvalue weighted by atomic mass is 10.1. The summed E-state index contributed by atoms with van der Waals surface area (Å²) in [5.41, 5.74) is 2.67. The van der Waals surface area contributed by atoms with Crippen LogP contribution in [-0.2, 0) is 0 Å². The largest absolute Gasteiger partial charge is 0.274 e. The van der Waals surface area contributed by atoms with Crippen molar-refractivity contribution in [2.24, 2.45) is 0 Å². The second-order valence-electron chi connectivity index (χ2n) is 5.99. The molecule has 0 aliphatic carbocycles. The molecular formula is C18H16Cl2N4O2S. The monoisotopic (exact) mass is 422 g/mol. The summed E-state index contributed by atoms with van der Waals surface area (Å²) in [5.74, 6) is 0.698. The van der Waals surface area contributed by atoms with E-state index in [2.05, 4.69) is 10.2 Å². The molecule has 1 aromatic heterocycles. The van der Waals surface area contributed by atoms with Gasteiger partial charge in [-0.2, -0.15) is 0 Å². The molecule has 0 bridgehead atoms. The van der Waals surface area contributed by atoms with Gasteiger partial charge in [0.2, 0.25) is 6.54 Å². The second-order valence-corrected chi connectivity index (χ2v) is 8.00. The van der Waals surface area contributed by atoms with E-state index in [0.29, 0.717) is 26.6 Å². The molecule has 0 aliphatic heterocycles. The highest BCUT2D eigenvalue weighted by Crippen LogP contribution is 2.39. The molecule has 1 heterocycles. The Labute approximate surface area is 170 Å².